The highest BCUT2D eigenvalue weighted by Crippen LogP contribution is 2.30. The fourth-order valence-electron chi connectivity index (χ4n) is 1.86. The summed E-state index contributed by atoms with van der Waals surface area (Å²) >= 11 is 7.42. The van der Waals surface area contributed by atoms with E-state index in [9.17, 15) is 4.79 Å². The number of benzene rings is 1. The van der Waals surface area contributed by atoms with E-state index in [0.717, 1.165) is 15.9 Å². The molecule has 0 bridgehead atoms. The minimum absolute atomic E-state index is 0.182. The lowest BCUT2D eigenvalue weighted by Gasteiger charge is -2.09. The average molecular weight is 334 g/mol. The van der Waals surface area contributed by atoms with Gasteiger partial charge in [-0.05, 0) is 32.0 Å². The zero-order valence-electron chi connectivity index (χ0n) is 11.9. The summed E-state index contributed by atoms with van der Waals surface area (Å²) in [6, 6.07) is 5.50. The van der Waals surface area contributed by atoms with Crippen molar-refractivity contribution in [2.45, 2.75) is 20.0 Å². The van der Waals surface area contributed by atoms with Gasteiger partial charge in [0.1, 0.15) is 5.01 Å². The number of carbonyl (C=O) groups excluding carboxylic acids is 1. The molecular formula is C15H12ClN3O2S. The fraction of sp³-hybridized carbons (Fsp3) is 0.200. The average Bonchev–Trinajstić information content (AvgIpc) is 2.91. The minimum Gasteiger partial charge on any atom is -0.450 e. The van der Waals surface area contributed by atoms with Crippen LogP contribution in [0.5, 0.6) is 0 Å². The first-order valence-electron chi connectivity index (χ1n) is 6.58. The van der Waals surface area contributed by atoms with Crippen molar-refractivity contribution in [1.29, 1.82) is 0 Å². The molecule has 0 aliphatic rings. The van der Waals surface area contributed by atoms with Crippen LogP contribution in [-0.2, 0) is 4.74 Å². The second-order valence-electron chi connectivity index (χ2n) is 4.75. The number of nitrogens with zero attached hydrogens (tertiary/aromatic N) is 3. The van der Waals surface area contributed by atoms with Crippen LogP contribution in [0.25, 0.3) is 10.2 Å². The monoisotopic (exact) mass is 333 g/mol. The van der Waals surface area contributed by atoms with Crippen molar-refractivity contribution in [3.63, 3.8) is 0 Å². The van der Waals surface area contributed by atoms with Gasteiger partial charge >= 0.3 is 5.97 Å². The van der Waals surface area contributed by atoms with Crippen molar-refractivity contribution in [1.82, 2.24) is 15.0 Å². The van der Waals surface area contributed by atoms with Crippen LogP contribution < -0.4 is 0 Å². The van der Waals surface area contributed by atoms with E-state index in [1.807, 2.05) is 12.1 Å². The third-order valence-corrected chi connectivity index (χ3v) is 4.42. The third-order valence-electron chi connectivity index (χ3n) is 2.99. The Hall–Kier alpha value is -2.05. The van der Waals surface area contributed by atoms with E-state index in [4.69, 9.17) is 16.3 Å². The second kappa shape index (κ2) is 5.98. The smallest absolute Gasteiger partial charge is 0.359 e. The Kier molecular flexibility index (Phi) is 4.04. The van der Waals surface area contributed by atoms with Gasteiger partial charge in [-0.15, -0.1) is 11.3 Å². The van der Waals surface area contributed by atoms with Gasteiger partial charge < -0.3 is 4.74 Å². The van der Waals surface area contributed by atoms with E-state index < -0.39 is 12.1 Å². The van der Waals surface area contributed by atoms with E-state index in [0.29, 0.717) is 10.0 Å². The van der Waals surface area contributed by atoms with Crippen molar-refractivity contribution < 1.29 is 9.53 Å². The number of hydrogen-bond donors (Lipinski definition) is 0. The molecule has 0 amide bonds. The highest BCUT2D eigenvalue weighted by atomic mass is 35.5. The van der Waals surface area contributed by atoms with E-state index in [2.05, 4.69) is 15.0 Å². The van der Waals surface area contributed by atoms with Crippen LogP contribution in [0.1, 0.15) is 34.2 Å². The Morgan fingerprint density at radius 2 is 2.14 bits per heavy atom. The van der Waals surface area contributed by atoms with Crippen LogP contribution in [0.2, 0.25) is 5.02 Å². The fourth-order valence-corrected chi connectivity index (χ4v) is 2.96. The lowest BCUT2D eigenvalue weighted by atomic mass is 10.3. The van der Waals surface area contributed by atoms with Crippen LogP contribution in [0.15, 0.2) is 30.6 Å². The molecule has 0 saturated carbocycles. The molecule has 1 unspecified atom stereocenters. The minimum atomic E-state index is -0.516. The molecule has 112 valence electrons. The first-order valence-corrected chi connectivity index (χ1v) is 7.78. The van der Waals surface area contributed by atoms with Gasteiger partial charge in [0.25, 0.3) is 0 Å². The summed E-state index contributed by atoms with van der Waals surface area (Å²) in [6.07, 6.45) is 2.47. The molecule has 5 nitrogen and oxygen atoms in total. The summed E-state index contributed by atoms with van der Waals surface area (Å²) in [7, 11) is 0. The van der Waals surface area contributed by atoms with Gasteiger partial charge in [-0.1, -0.05) is 11.6 Å². The van der Waals surface area contributed by atoms with Crippen LogP contribution >= 0.6 is 22.9 Å². The summed E-state index contributed by atoms with van der Waals surface area (Å²) in [4.78, 5) is 24.5. The Morgan fingerprint density at radius 1 is 1.32 bits per heavy atom. The number of carbonyl (C=O) groups is 1. The number of hydrogen-bond acceptors (Lipinski definition) is 6. The summed E-state index contributed by atoms with van der Waals surface area (Å²) in [6.45, 7) is 3.58. The third kappa shape index (κ3) is 3.08. The number of fused-ring (bicyclic) bond motifs is 1. The van der Waals surface area contributed by atoms with Gasteiger partial charge in [0.05, 0.1) is 22.1 Å². The maximum absolute atomic E-state index is 12.0. The number of ether oxygens (including phenoxy) is 1. The molecule has 3 aromatic rings. The Bertz CT molecular complexity index is 832. The number of aryl methyl sites for hydroxylation is 1. The van der Waals surface area contributed by atoms with Gasteiger partial charge in [0, 0.05) is 11.2 Å². The highest BCUT2D eigenvalue weighted by molar-refractivity contribution is 7.18. The largest absolute Gasteiger partial charge is 0.450 e. The molecule has 1 atom stereocenters. The zero-order valence-corrected chi connectivity index (χ0v) is 13.5. The van der Waals surface area contributed by atoms with Crippen LogP contribution in [0, 0.1) is 6.92 Å². The molecule has 0 spiro atoms. The molecular weight excluding hydrogens is 322 g/mol. The molecule has 2 heterocycles. The highest BCUT2D eigenvalue weighted by Gasteiger charge is 2.18. The van der Waals surface area contributed by atoms with E-state index in [1.165, 1.54) is 23.7 Å². The molecule has 2 aromatic heterocycles. The van der Waals surface area contributed by atoms with Gasteiger partial charge in [-0.25, -0.2) is 14.8 Å². The standard InChI is InChI=1S/C15H12ClN3O2S/c1-8-6-18-12(7-17-8)15(20)21-9(2)14-19-11-5-10(16)3-4-13(11)22-14/h3-7,9H,1-2H3. The molecule has 0 aliphatic heterocycles. The Morgan fingerprint density at radius 3 is 2.86 bits per heavy atom. The van der Waals surface area contributed by atoms with Crippen molar-refractivity contribution in [3.8, 4) is 0 Å². The summed E-state index contributed by atoms with van der Waals surface area (Å²) in [5.74, 6) is -0.516. The first-order chi connectivity index (χ1) is 10.5. The van der Waals surface area contributed by atoms with Crippen molar-refractivity contribution in [2.24, 2.45) is 0 Å². The normalized spacial score (nSPS) is 12.3. The number of aromatic nitrogens is 3. The SMILES string of the molecule is Cc1cnc(C(=O)OC(C)c2nc3cc(Cl)ccc3s2)cn1. The number of halogens is 1. The molecule has 22 heavy (non-hydrogen) atoms. The van der Waals surface area contributed by atoms with Gasteiger partial charge in [0.2, 0.25) is 0 Å². The predicted molar refractivity (Wildman–Crippen MR) is 85.2 cm³/mol. The zero-order chi connectivity index (χ0) is 15.7. The first kappa shape index (κ1) is 14.9. The summed E-state index contributed by atoms with van der Waals surface area (Å²) in [5.41, 5.74) is 1.72. The van der Waals surface area contributed by atoms with Gasteiger partial charge in [0.15, 0.2) is 11.8 Å². The second-order valence-corrected chi connectivity index (χ2v) is 6.25. The number of rotatable bonds is 3. The molecule has 7 heteroatoms. The van der Waals surface area contributed by atoms with Crippen molar-refractivity contribution in [3.05, 3.63) is 52.0 Å². The predicted octanol–water partition coefficient (Wildman–Crippen LogP) is 3.97. The summed E-state index contributed by atoms with van der Waals surface area (Å²) < 4.78 is 6.39. The maximum Gasteiger partial charge on any atom is 0.359 e. The van der Waals surface area contributed by atoms with E-state index >= 15 is 0 Å². The van der Waals surface area contributed by atoms with Crippen molar-refractivity contribution in [2.75, 3.05) is 0 Å². The molecule has 0 fully saturated rings. The van der Waals surface area contributed by atoms with E-state index in [-0.39, 0.29) is 5.69 Å². The van der Waals surface area contributed by atoms with Gasteiger partial charge in [-0.3, -0.25) is 4.98 Å². The molecule has 1 aromatic carbocycles. The van der Waals surface area contributed by atoms with Crippen LogP contribution in [-0.4, -0.2) is 20.9 Å². The Balaban J connectivity index is 1.79. The molecule has 0 saturated heterocycles. The molecule has 0 N–H and O–H groups in total. The van der Waals surface area contributed by atoms with Gasteiger partial charge in [-0.2, -0.15) is 0 Å². The van der Waals surface area contributed by atoms with Crippen molar-refractivity contribution >= 4 is 39.1 Å². The Labute approximate surface area is 136 Å². The lowest BCUT2D eigenvalue weighted by molar-refractivity contribution is 0.0330. The van der Waals surface area contributed by atoms with E-state index in [1.54, 1.807) is 19.9 Å². The van der Waals surface area contributed by atoms with Crippen LogP contribution in [0.3, 0.4) is 0 Å². The topological polar surface area (TPSA) is 65.0 Å². The van der Waals surface area contributed by atoms with Crippen LogP contribution in [0.4, 0.5) is 0 Å². The number of esters is 1. The maximum atomic E-state index is 12.0. The molecule has 3 rings (SSSR count). The number of thiazole rings is 1. The quantitative estimate of drug-likeness (QED) is 0.679. The lowest BCUT2D eigenvalue weighted by Crippen LogP contribution is -2.11. The molecule has 0 aliphatic carbocycles. The molecule has 0 radical (unpaired) electrons. The summed E-state index contributed by atoms with van der Waals surface area (Å²) in [5, 5.41) is 1.34.